The number of ether oxygens (including phenoxy) is 1. The lowest BCUT2D eigenvalue weighted by Gasteiger charge is -2.43. The molecule has 3 heterocycles. The van der Waals surface area contributed by atoms with E-state index in [0.717, 1.165) is 71.2 Å². The first-order valence-electron chi connectivity index (χ1n) is 16.2. The summed E-state index contributed by atoms with van der Waals surface area (Å²) in [5, 5.41) is 8.78. The van der Waals surface area contributed by atoms with Crippen molar-refractivity contribution in [2.24, 2.45) is 7.05 Å². The van der Waals surface area contributed by atoms with Gasteiger partial charge >= 0.3 is 5.97 Å². The Bertz CT molecular complexity index is 1870. The van der Waals surface area contributed by atoms with E-state index in [1.165, 1.54) is 0 Å². The van der Waals surface area contributed by atoms with E-state index < -0.39 is 15.6 Å². The Morgan fingerprint density at radius 3 is 2.50 bits per heavy atom. The molecule has 0 spiro atoms. The van der Waals surface area contributed by atoms with E-state index in [2.05, 4.69) is 46.4 Å². The molecule has 6 rings (SSSR count). The van der Waals surface area contributed by atoms with Crippen LogP contribution in [-0.2, 0) is 38.7 Å². The summed E-state index contributed by atoms with van der Waals surface area (Å²) in [6.45, 7) is 9.24. The van der Waals surface area contributed by atoms with Crippen molar-refractivity contribution in [3.63, 3.8) is 0 Å². The number of aryl methyl sites for hydroxylation is 3. The van der Waals surface area contributed by atoms with Crippen molar-refractivity contribution in [1.29, 1.82) is 0 Å². The van der Waals surface area contributed by atoms with Gasteiger partial charge in [-0.1, -0.05) is 48.5 Å². The van der Waals surface area contributed by atoms with Crippen molar-refractivity contribution >= 4 is 32.7 Å². The summed E-state index contributed by atoms with van der Waals surface area (Å²) in [5.74, 6) is -0.260. The van der Waals surface area contributed by atoms with Crippen molar-refractivity contribution in [2.45, 2.75) is 63.4 Å². The van der Waals surface area contributed by atoms with Crippen LogP contribution in [0.1, 0.15) is 60.4 Å². The monoisotopic (exact) mass is 644 g/mol. The molecule has 0 aliphatic carbocycles. The number of rotatable bonds is 9. The Balaban J connectivity index is 1.51. The van der Waals surface area contributed by atoms with Crippen molar-refractivity contribution in [1.82, 2.24) is 24.2 Å². The van der Waals surface area contributed by atoms with Gasteiger partial charge in [0.05, 0.1) is 29.8 Å². The number of anilines is 1. The van der Waals surface area contributed by atoms with Crippen LogP contribution in [0.3, 0.4) is 0 Å². The average molecular weight is 645 g/mol. The molecule has 4 aromatic rings. The van der Waals surface area contributed by atoms with Crippen LogP contribution in [0.4, 0.5) is 5.69 Å². The van der Waals surface area contributed by atoms with Gasteiger partial charge < -0.3 is 9.64 Å². The van der Waals surface area contributed by atoms with Crippen LogP contribution in [0.15, 0.2) is 59.5 Å². The van der Waals surface area contributed by atoms with E-state index in [1.807, 2.05) is 51.0 Å². The molecule has 0 saturated carbocycles. The first-order valence-corrected chi connectivity index (χ1v) is 17.6. The maximum atomic E-state index is 14.0. The summed E-state index contributed by atoms with van der Waals surface area (Å²) < 4.78 is 37.2. The zero-order chi connectivity index (χ0) is 32.6. The molecule has 1 fully saturated rings. The molecule has 3 aromatic carbocycles. The van der Waals surface area contributed by atoms with E-state index in [0.29, 0.717) is 30.3 Å². The van der Waals surface area contributed by atoms with Gasteiger partial charge in [0.15, 0.2) is 0 Å². The predicted molar refractivity (Wildman–Crippen MR) is 179 cm³/mol. The lowest BCUT2D eigenvalue weighted by atomic mass is 9.75. The fourth-order valence-corrected chi connectivity index (χ4v) is 8.81. The van der Waals surface area contributed by atoms with Gasteiger partial charge in [-0.3, -0.25) is 9.69 Å². The maximum Gasteiger partial charge on any atom is 0.308 e. The number of likely N-dealkylation sites (tertiary alicyclic amines) is 1. The fourth-order valence-electron chi connectivity index (χ4n) is 7.16. The Labute approximate surface area is 272 Å². The van der Waals surface area contributed by atoms with Gasteiger partial charge in [-0.15, -0.1) is 5.10 Å². The summed E-state index contributed by atoms with van der Waals surface area (Å²) in [4.78, 5) is 18.4. The second-order valence-corrected chi connectivity index (χ2v) is 14.5. The summed E-state index contributed by atoms with van der Waals surface area (Å²) in [7, 11) is 0.0594. The number of nitrogens with zero attached hydrogens (tertiary/aromatic N) is 6. The number of aromatic nitrogens is 3. The first-order chi connectivity index (χ1) is 22.1. The van der Waals surface area contributed by atoms with Crippen molar-refractivity contribution in [3.05, 3.63) is 82.4 Å². The number of para-hydroxylation sites is 1. The Kier molecular flexibility index (Phi) is 8.93. The SMILES string of the molecule is CCCOC(=O)CC(c1ccc(C)c(CN2CCN(C)c3ccccc3S2(=O)=O)c1)(c1ccc2c(nnn2C)c1C)N1CCCC1. The molecule has 0 radical (unpaired) electrons. The minimum Gasteiger partial charge on any atom is -0.466 e. The highest BCUT2D eigenvalue weighted by molar-refractivity contribution is 7.89. The smallest absolute Gasteiger partial charge is 0.308 e. The fraction of sp³-hybridized carbons (Fsp3) is 0.457. The second kappa shape index (κ2) is 12.8. The molecule has 0 amide bonds. The minimum atomic E-state index is -3.75. The quantitative estimate of drug-likeness (QED) is 0.237. The van der Waals surface area contributed by atoms with Crippen molar-refractivity contribution in [2.75, 3.05) is 44.7 Å². The Morgan fingerprint density at radius 1 is 0.978 bits per heavy atom. The standard InChI is InChI=1S/C35H44N6O4S/c1-6-21-45-33(42)23-35(40-17-9-10-18-40,29-15-16-31-34(26(29)3)36-37-39(31)5)28-14-13-25(2)27(22-28)24-41-20-19-38(4)30-11-7-8-12-32(30)46(41,43)44/h7-8,11-16,22H,6,9-10,17-21,23-24H2,1-5H3. The molecule has 0 bridgehead atoms. The zero-order valence-corrected chi connectivity index (χ0v) is 28.3. The van der Waals surface area contributed by atoms with Crippen LogP contribution in [0.5, 0.6) is 0 Å². The molecule has 244 valence electrons. The van der Waals surface area contributed by atoms with Crippen LogP contribution in [0, 0.1) is 13.8 Å². The molecule has 10 nitrogen and oxygen atoms in total. The molecule has 1 unspecified atom stereocenters. The number of hydrogen-bond donors (Lipinski definition) is 0. The third-order valence-electron chi connectivity index (χ3n) is 9.75. The number of esters is 1. The Hall–Kier alpha value is -3.80. The van der Waals surface area contributed by atoms with Crippen molar-refractivity contribution < 1.29 is 17.9 Å². The molecular formula is C35H44N6O4S. The average Bonchev–Trinajstić information content (AvgIpc) is 3.71. The molecule has 46 heavy (non-hydrogen) atoms. The topological polar surface area (TPSA) is 101 Å². The highest BCUT2D eigenvalue weighted by Crippen LogP contribution is 2.45. The lowest BCUT2D eigenvalue weighted by Crippen LogP contribution is -2.48. The Morgan fingerprint density at radius 2 is 1.74 bits per heavy atom. The predicted octanol–water partition coefficient (Wildman–Crippen LogP) is 4.91. The normalized spacial score (nSPS) is 18.3. The van der Waals surface area contributed by atoms with E-state index in [1.54, 1.807) is 21.1 Å². The van der Waals surface area contributed by atoms with Crippen LogP contribution in [-0.4, -0.2) is 78.4 Å². The number of fused-ring (bicyclic) bond motifs is 2. The highest BCUT2D eigenvalue weighted by Gasteiger charge is 2.45. The number of carbonyl (C=O) groups excluding carboxylic acids is 1. The summed E-state index contributed by atoms with van der Waals surface area (Å²) >= 11 is 0. The first kappa shape index (κ1) is 32.2. The van der Waals surface area contributed by atoms with Crippen LogP contribution >= 0.6 is 0 Å². The summed E-state index contributed by atoms with van der Waals surface area (Å²) in [6, 6.07) is 17.6. The molecule has 2 aliphatic rings. The number of likely N-dealkylation sites (N-methyl/N-ethyl adjacent to an activating group) is 1. The van der Waals surface area contributed by atoms with Crippen LogP contribution in [0.2, 0.25) is 0 Å². The molecule has 1 atom stereocenters. The van der Waals surface area contributed by atoms with Gasteiger partial charge in [0.25, 0.3) is 0 Å². The minimum absolute atomic E-state index is 0.127. The maximum absolute atomic E-state index is 14.0. The van der Waals surface area contributed by atoms with Gasteiger partial charge in [0, 0.05) is 33.7 Å². The number of sulfonamides is 1. The van der Waals surface area contributed by atoms with Crippen LogP contribution < -0.4 is 4.90 Å². The van der Waals surface area contributed by atoms with E-state index in [9.17, 15) is 13.2 Å². The van der Waals surface area contributed by atoms with Gasteiger partial charge in [-0.25, -0.2) is 13.1 Å². The molecule has 2 aliphatic heterocycles. The number of benzene rings is 3. The van der Waals surface area contributed by atoms with Gasteiger partial charge in [-0.2, -0.15) is 4.31 Å². The van der Waals surface area contributed by atoms with Crippen molar-refractivity contribution in [3.8, 4) is 0 Å². The molecular weight excluding hydrogens is 600 g/mol. The third-order valence-corrected chi connectivity index (χ3v) is 11.6. The van der Waals surface area contributed by atoms with E-state index in [4.69, 9.17) is 4.74 Å². The van der Waals surface area contributed by atoms with E-state index >= 15 is 0 Å². The zero-order valence-electron chi connectivity index (χ0n) is 27.5. The highest BCUT2D eigenvalue weighted by atomic mass is 32.2. The molecule has 0 N–H and O–H groups in total. The molecule has 1 saturated heterocycles. The summed E-state index contributed by atoms with van der Waals surface area (Å²) in [5.41, 5.74) is 6.40. The summed E-state index contributed by atoms with van der Waals surface area (Å²) in [6.07, 6.45) is 2.92. The van der Waals surface area contributed by atoms with Gasteiger partial charge in [0.2, 0.25) is 10.0 Å². The lowest BCUT2D eigenvalue weighted by molar-refractivity contribution is -0.146. The largest absolute Gasteiger partial charge is 0.466 e. The number of carbonyl (C=O) groups is 1. The third kappa shape index (κ3) is 5.58. The molecule has 11 heteroatoms. The second-order valence-electron chi connectivity index (χ2n) is 12.6. The van der Waals surface area contributed by atoms with E-state index in [-0.39, 0.29) is 18.9 Å². The van der Waals surface area contributed by atoms with Gasteiger partial charge in [-0.05, 0) is 92.2 Å². The van der Waals surface area contributed by atoms with Crippen LogP contribution in [0.25, 0.3) is 11.0 Å². The molecule has 1 aromatic heterocycles. The van der Waals surface area contributed by atoms with Gasteiger partial charge in [0.1, 0.15) is 10.4 Å². The number of hydrogen-bond acceptors (Lipinski definition) is 8.